The predicted octanol–water partition coefficient (Wildman–Crippen LogP) is 5.30. The van der Waals surface area contributed by atoms with Gasteiger partial charge >= 0.3 is 231 Å². The predicted molar refractivity (Wildman–Crippen MR) is 157 cm³/mol. The summed E-state index contributed by atoms with van der Waals surface area (Å²) in [4.78, 5) is 0. The Balaban J connectivity index is 0.00000264. The fourth-order valence-electron chi connectivity index (χ4n) is 7.24. The third kappa shape index (κ3) is 4.12. The van der Waals surface area contributed by atoms with Crippen LogP contribution < -0.4 is 12.4 Å². The molecule has 38 heavy (non-hydrogen) atoms. The molecular formula is C35H32ClSiZr. The summed E-state index contributed by atoms with van der Waals surface area (Å²) in [7, 11) is 0. The van der Waals surface area contributed by atoms with E-state index in [-0.39, 0.29) is 12.4 Å². The van der Waals surface area contributed by atoms with Gasteiger partial charge in [0.15, 0.2) is 0 Å². The van der Waals surface area contributed by atoms with Crippen LogP contribution in [0.25, 0.3) is 34.4 Å². The Kier molecular flexibility index (Phi) is 7.10. The molecule has 7 rings (SSSR count). The molecule has 187 valence electrons. The number of allylic oxidation sites excluding steroid dienone is 2. The molecule has 0 saturated heterocycles. The zero-order valence-corrected chi connectivity index (χ0v) is 26.7. The van der Waals surface area contributed by atoms with Crippen molar-refractivity contribution >= 4 is 19.0 Å². The third-order valence-electron chi connectivity index (χ3n) is 8.78. The average Bonchev–Trinajstić information content (AvgIpc) is 3.61. The second-order valence-electron chi connectivity index (χ2n) is 11.0. The number of rotatable bonds is 4. The van der Waals surface area contributed by atoms with Crippen LogP contribution in [-0.2, 0) is 33.2 Å². The Labute approximate surface area is 242 Å². The van der Waals surface area contributed by atoms with E-state index in [1.807, 2.05) is 0 Å². The molecule has 0 heterocycles. The van der Waals surface area contributed by atoms with E-state index < -0.39 is 20.4 Å². The van der Waals surface area contributed by atoms with E-state index in [1.54, 1.807) is 33.4 Å². The maximum absolute atomic E-state index is 2.64. The van der Waals surface area contributed by atoms with Gasteiger partial charge in [-0.15, -0.1) is 0 Å². The van der Waals surface area contributed by atoms with Gasteiger partial charge in [-0.3, -0.25) is 0 Å². The van der Waals surface area contributed by atoms with Crippen molar-refractivity contribution in [3.05, 3.63) is 129 Å². The first kappa shape index (κ1) is 26.0. The maximum atomic E-state index is 2.64. The molecule has 3 aliphatic carbocycles. The molecule has 2 unspecified atom stereocenters. The van der Waals surface area contributed by atoms with Gasteiger partial charge in [-0.2, -0.15) is 0 Å². The standard InChI is InChI=1S/C19H17.C16H13.ClH.H2Si.Zr/c1-13-10-16-12-15-8-5-9-17(15)19(18(16)11-13)14-6-3-2-4-7-14;1-12-10-14-8-5-9-15(16(14)11-12)13-6-3-2-4-7-13;;;/h2-4,6-7,10-12H,5,8-9H2,1H3;2-11H,1H3;1H;1H2;/q;;;;+1/p-1. The zero-order chi connectivity index (χ0) is 25.1. The molecule has 4 aromatic carbocycles. The van der Waals surface area contributed by atoms with E-state index in [1.165, 1.54) is 52.6 Å². The van der Waals surface area contributed by atoms with Gasteiger partial charge in [0.1, 0.15) is 0 Å². The summed E-state index contributed by atoms with van der Waals surface area (Å²) in [5.41, 5.74) is 18.4. The third-order valence-corrected chi connectivity index (χ3v) is 21.0. The van der Waals surface area contributed by atoms with Crippen molar-refractivity contribution in [2.75, 3.05) is 0 Å². The molecular weight excluding hydrogens is 575 g/mol. The van der Waals surface area contributed by atoms with E-state index in [9.17, 15) is 0 Å². The molecule has 0 N–H and O–H groups in total. The van der Waals surface area contributed by atoms with Gasteiger partial charge in [0, 0.05) is 0 Å². The first-order valence-electron chi connectivity index (χ1n) is 13.6. The smallest absolute Gasteiger partial charge is 1.00 e. The van der Waals surface area contributed by atoms with Crippen LogP contribution in [0, 0.1) is 0 Å². The zero-order valence-electron chi connectivity index (χ0n) is 22.1. The van der Waals surface area contributed by atoms with Gasteiger partial charge in [-0.05, 0) is 0 Å². The second kappa shape index (κ2) is 10.4. The molecule has 0 amide bonds. The summed E-state index contributed by atoms with van der Waals surface area (Å²) in [6, 6.07) is 31.8. The largest absolute Gasteiger partial charge is 1.00 e. The van der Waals surface area contributed by atoms with Crippen molar-refractivity contribution in [1.29, 1.82) is 0 Å². The molecule has 0 bridgehead atoms. The van der Waals surface area contributed by atoms with Crippen molar-refractivity contribution < 1.29 is 32.8 Å². The summed E-state index contributed by atoms with van der Waals surface area (Å²) in [6.45, 7) is 7.26. The quantitative estimate of drug-likeness (QED) is 0.277. The average molecular weight is 607 g/mol. The Bertz CT molecular complexity index is 1630. The van der Waals surface area contributed by atoms with Crippen molar-refractivity contribution in [2.24, 2.45) is 0 Å². The van der Waals surface area contributed by atoms with Crippen LogP contribution in [-0.4, -0.2) is 6.88 Å². The molecule has 2 atom stereocenters. The van der Waals surface area contributed by atoms with Gasteiger partial charge in [0.05, 0.1) is 0 Å². The van der Waals surface area contributed by atoms with Crippen LogP contribution in [0.4, 0.5) is 0 Å². The Morgan fingerprint density at radius 3 is 2.03 bits per heavy atom. The fourth-order valence-corrected chi connectivity index (χ4v) is 20.9. The molecule has 0 radical (unpaired) electrons. The monoisotopic (exact) mass is 605 g/mol. The fraction of sp³-hybridized carbons (Fsp3) is 0.200. The van der Waals surface area contributed by atoms with Gasteiger partial charge in [-0.1, -0.05) is 0 Å². The molecule has 0 nitrogen and oxygen atoms in total. The topological polar surface area (TPSA) is 0 Å². The van der Waals surface area contributed by atoms with Crippen molar-refractivity contribution in [2.45, 2.75) is 40.4 Å². The van der Waals surface area contributed by atoms with Gasteiger partial charge < -0.3 is 12.4 Å². The number of fused-ring (bicyclic) bond motifs is 3. The van der Waals surface area contributed by atoms with Gasteiger partial charge in [0.2, 0.25) is 0 Å². The minimum absolute atomic E-state index is 0. The van der Waals surface area contributed by atoms with Crippen molar-refractivity contribution in [3.8, 4) is 22.3 Å². The molecule has 3 aliphatic rings. The van der Waals surface area contributed by atoms with Gasteiger partial charge in [-0.25, -0.2) is 0 Å². The second-order valence-corrected chi connectivity index (χ2v) is 21.5. The van der Waals surface area contributed by atoms with Crippen LogP contribution >= 0.6 is 0 Å². The summed E-state index contributed by atoms with van der Waals surface area (Å²) in [6.07, 6.45) is 8.86. The Hall–Kier alpha value is -2.25. The summed E-state index contributed by atoms with van der Waals surface area (Å²) in [5, 5.41) is 0. The Morgan fingerprint density at radius 2 is 1.32 bits per heavy atom. The normalized spacial score (nSPS) is 18.7. The summed E-state index contributed by atoms with van der Waals surface area (Å²) in [5.74, 6) is 0. The summed E-state index contributed by atoms with van der Waals surface area (Å²) >= 11 is -2.00. The molecule has 0 aromatic heterocycles. The number of benzene rings is 4. The first-order chi connectivity index (χ1) is 18.1. The molecule has 0 saturated carbocycles. The molecule has 0 spiro atoms. The van der Waals surface area contributed by atoms with Crippen LogP contribution in [0.3, 0.4) is 0 Å². The van der Waals surface area contributed by atoms with Crippen LogP contribution in [0.15, 0.2) is 96.1 Å². The molecule has 0 fully saturated rings. The Morgan fingerprint density at radius 1 is 0.684 bits per heavy atom. The van der Waals surface area contributed by atoms with E-state index in [4.69, 9.17) is 0 Å². The minimum Gasteiger partial charge on any atom is -1.00 e. The van der Waals surface area contributed by atoms with Gasteiger partial charge in [0.25, 0.3) is 0 Å². The van der Waals surface area contributed by atoms with Crippen molar-refractivity contribution in [3.63, 3.8) is 0 Å². The number of aryl methyl sites for hydroxylation is 1. The van der Waals surface area contributed by atoms with Crippen LogP contribution in [0.2, 0.25) is 0 Å². The van der Waals surface area contributed by atoms with E-state index in [0.717, 1.165) is 0 Å². The number of halogens is 1. The first-order valence-corrected chi connectivity index (χ1v) is 22.3. The number of hydrogen-bond donors (Lipinski definition) is 0. The van der Waals surface area contributed by atoms with Crippen molar-refractivity contribution in [1.82, 2.24) is 0 Å². The summed E-state index contributed by atoms with van der Waals surface area (Å²) < 4.78 is 1.30. The van der Waals surface area contributed by atoms with E-state index in [0.29, 0.717) is 7.25 Å². The van der Waals surface area contributed by atoms with E-state index in [2.05, 4.69) is 118 Å². The van der Waals surface area contributed by atoms with Crippen LogP contribution in [0.1, 0.15) is 60.9 Å². The number of hydrogen-bond acceptors (Lipinski definition) is 0. The maximum Gasteiger partial charge on any atom is -1.00 e. The minimum atomic E-state index is -2.00. The van der Waals surface area contributed by atoms with E-state index >= 15 is 0 Å². The molecule has 0 aliphatic heterocycles. The molecule has 4 aromatic rings. The van der Waals surface area contributed by atoms with Crippen LogP contribution in [0.5, 0.6) is 0 Å². The molecule has 3 heteroatoms. The SMILES string of the molecule is CC1=Cc2c(-c3ccccc3)cccc2[CH]1[Zr+](=[SiH2])[CH]1C(C)=Cc2c1cc1c(c2-c2ccccc2)CCC1.[Cl-].